The molecule has 0 aromatic heterocycles. The van der Waals surface area contributed by atoms with Crippen LogP contribution in [0.25, 0.3) is 0 Å². The fraction of sp³-hybridized carbons (Fsp3) is 0.833. The van der Waals surface area contributed by atoms with Crippen molar-refractivity contribution < 1.29 is 38.2 Å². The molecule has 0 saturated heterocycles. The highest BCUT2D eigenvalue weighted by Crippen LogP contribution is 2.15. The average Bonchev–Trinajstić information content (AvgIpc) is 3.06. The number of ether oxygens (including phenoxy) is 3. The number of allylic oxidation sites excluding steroid dienone is 4. The topological polar surface area (TPSA) is 102 Å². The van der Waals surface area contributed by atoms with Gasteiger partial charge in [-0.1, -0.05) is 141 Å². The van der Waals surface area contributed by atoms with E-state index in [0.717, 1.165) is 44.9 Å². The summed E-state index contributed by atoms with van der Waals surface area (Å²) < 4.78 is 17.0. The van der Waals surface area contributed by atoms with Gasteiger partial charge in [0.25, 0.3) is 0 Å². The first kappa shape index (κ1) is 47.8. The molecule has 0 heterocycles. The van der Waals surface area contributed by atoms with Crippen LogP contribution in [-0.4, -0.2) is 75.5 Å². The fourth-order valence-electron chi connectivity index (χ4n) is 5.93. The van der Waals surface area contributed by atoms with Crippen molar-refractivity contribution in [2.45, 2.75) is 187 Å². The number of unbranched alkanes of at least 4 members (excludes halogenated alkanes) is 18. The molecule has 0 bridgehead atoms. The molecule has 0 saturated carbocycles. The van der Waals surface area contributed by atoms with Crippen LogP contribution in [0, 0.1) is 0 Å². The lowest BCUT2D eigenvalue weighted by Crippen LogP contribution is -2.55. The summed E-state index contributed by atoms with van der Waals surface area (Å²) in [5.74, 6) is -1.78. The van der Waals surface area contributed by atoms with Crippen molar-refractivity contribution in [3.63, 3.8) is 0 Å². The first-order valence-electron chi connectivity index (χ1n) is 20.4. The highest BCUT2D eigenvalue weighted by atomic mass is 16.6. The first-order valence-corrected chi connectivity index (χ1v) is 20.4. The molecule has 2 atom stereocenters. The van der Waals surface area contributed by atoms with Crippen molar-refractivity contribution >= 4 is 17.9 Å². The van der Waals surface area contributed by atoms with E-state index >= 15 is 0 Å². The zero-order chi connectivity index (χ0) is 37.1. The van der Waals surface area contributed by atoms with Gasteiger partial charge in [0.05, 0.1) is 40.3 Å². The zero-order valence-corrected chi connectivity index (χ0v) is 33.1. The van der Waals surface area contributed by atoms with Crippen molar-refractivity contribution in [3.8, 4) is 0 Å². The van der Waals surface area contributed by atoms with Gasteiger partial charge >= 0.3 is 11.9 Å². The summed E-state index contributed by atoms with van der Waals surface area (Å²) in [6, 6.07) is -0.727. The van der Waals surface area contributed by atoms with E-state index in [4.69, 9.17) is 14.2 Å². The van der Waals surface area contributed by atoms with E-state index in [1.807, 2.05) is 0 Å². The lowest BCUT2D eigenvalue weighted by molar-refractivity contribution is -0.889. The van der Waals surface area contributed by atoms with Crippen LogP contribution in [-0.2, 0) is 28.6 Å². The molecule has 50 heavy (non-hydrogen) atoms. The number of nitrogens with zero attached hydrogens (tertiary/aromatic N) is 1. The Morgan fingerprint density at radius 3 is 1.64 bits per heavy atom. The van der Waals surface area contributed by atoms with Gasteiger partial charge < -0.3 is 28.6 Å². The maximum absolute atomic E-state index is 12.6. The molecule has 0 aliphatic carbocycles. The maximum Gasteiger partial charge on any atom is 0.306 e. The van der Waals surface area contributed by atoms with Crippen molar-refractivity contribution in [3.05, 3.63) is 24.3 Å². The number of carbonyl (C=O) groups is 3. The number of esters is 2. The second-order valence-corrected chi connectivity index (χ2v) is 14.8. The number of hydrogen-bond acceptors (Lipinski definition) is 7. The molecular formula is C42H77NO7. The van der Waals surface area contributed by atoms with E-state index in [0.29, 0.717) is 12.8 Å². The first-order chi connectivity index (χ1) is 24.1. The predicted molar refractivity (Wildman–Crippen MR) is 204 cm³/mol. The third-order valence-corrected chi connectivity index (χ3v) is 9.10. The SMILES string of the molecule is CC/C=C/C/C=C/CCCCC(=O)OC(COCCC(C(=O)[O-])[N+](C)(C)C)COC(=O)CCCCCCCCCCCCCCCCCCC. The minimum Gasteiger partial charge on any atom is -0.544 e. The van der Waals surface area contributed by atoms with E-state index in [2.05, 4.69) is 38.2 Å². The highest BCUT2D eigenvalue weighted by Gasteiger charge is 2.25. The van der Waals surface area contributed by atoms with Crippen LogP contribution < -0.4 is 5.11 Å². The van der Waals surface area contributed by atoms with Crippen molar-refractivity contribution in [2.75, 3.05) is 41.0 Å². The van der Waals surface area contributed by atoms with Crippen molar-refractivity contribution in [1.29, 1.82) is 0 Å². The molecule has 0 aromatic carbocycles. The van der Waals surface area contributed by atoms with Gasteiger partial charge in [0.15, 0.2) is 6.10 Å². The molecule has 0 aromatic rings. The summed E-state index contributed by atoms with van der Waals surface area (Å²) in [6.07, 6.45) is 35.1. The quantitative estimate of drug-likeness (QED) is 0.0277. The molecular weight excluding hydrogens is 630 g/mol. The normalized spacial score (nSPS) is 13.2. The minimum atomic E-state index is -1.13. The third-order valence-electron chi connectivity index (χ3n) is 9.10. The smallest absolute Gasteiger partial charge is 0.306 e. The summed E-state index contributed by atoms with van der Waals surface area (Å²) in [5, 5.41) is 11.6. The maximum atomic E-state index is 12.6. The number of likely N-dealkylation sites (N-methyl/N-ethyl adjacent to an activating group) is 1. The molecule has 0 aliphatic heterocycles. The summed E-state index contributed by atoms with van der Waals surface area (Å²) in [4.78, 5) is 36.6. The second-order valence-electron chi connectivity index (χ2n) is 14.8. The van der Waals surface area contributed by atoms with Crippen LogP contribution in [0.5, 0.6) is 0 Å². The Hall–Kier alpha value is -2.19. The van der Waals surface area contributed by atoms with Crippen molar-refractivity contribution in [1.82, 2.24) is 0 Å². The molecule has 0 rings (SSSR count). The summed E-state index contributed by atoms with van der Waals surface area (Å²) >= 11 is 0. The monoisotopic (exact) mass is 708 g/mol. The molecule has 8 nitrogen and oxygen atoms in total. The van der Waals surface area contributed by atoms with E-state index in [1.165, 1.54) is 89.9 Å². The Morgan fingerprint density at radius 2 is 1.12 bits per heavy atom. The number of aliphatic carboxylic acids is 1. The second kappa shape index (κ2) is 33.9. The molecule has 0 radical (unpaired) electrons. The van der Waals surface area contributed by atoms with Crippen LogP contribution in [0.2, 0.25) is 0 Å². The summed E-state index contributed by atoms with van der Waals surface area (Å²) in [7, 11) is 5.39. The average molecular weight is 708 g/mol. The predicted octanol–water partition coefficient (Wildman–Crippen LogP) is 9.19. The summed E-state index contributed by atoms with van der Waals surface area (Å²) in [5.41, 5.74) is 0. The van der Waals surface area contributed by atoms with Crippen LogP contribution in [0.4, 0.5) is 0 Å². The lowest BCUT2D eigenvalue weighted by atomic mass is 10.0. The molecule has 8 heteroatoms. The third kappa shape index (κ3) is 31.8. The number of carboxylic acids is 1. The van der Waals surface area contributed by atoms with Gasteiger partial charge in [-0.2, -0.15) is 0 Å². The van der Waals surface area contributed by atoms with Gasteiger partial charge in [0.2, 0.25) is 0 Å². The Bertz CT molecular complexity index is 880. The Morgan fingerprint density at radius 1 is 0.620 bits per heavy atom. The van der Waals surface area contributed by atoms with Crippen LogP contribution in [0.1, 0.15) is 174 Å². The van der Waals surface area contributed by atoms with Gasteiger partial charge in [0, 0.05) is 19.3 Å². The van der Waals surface area contributed by atoms with Crippen LogP contribution in [0.15, 0.2) is 24.3 Å². The number of rotatable bonds is 36. The lowest BCUT2D eigenvalue weighted by Gasteiger charge is -2.34. The zero-order valence-electron chi connectivity index (χ0n) is 33.1. The number of carboxylic acid groups (broad SMARTS) is 1. The molecule has 0 amide bonds. The fourth-order valence-corrected chi connectivity index (χ4v) is 5.93. The van der Waals surface area contributed by atoms with Crippen molar-refractivity contribution in [2.24, 2.45) is 0 Å². The van der Waals surface area contributed by atoms with Gasteiger partial charge in [-0.25, -0.2) is 0 Å². The number of hydrogen-bond donors (Lipinski definition) is 0. The van der Waals surface area contributed by atoms with E-state index in [-0.39, 0.29) is 49.1 Å². The molecule has 2 unspecified atom stereocenters. The molecule has 292 valence electrons. The number of carbonyl (C=O) groups excluding carboxylic acids is 3. The minimum absolute atomic E-state index is 0.0308. The standard InChI is InChI=1S/C42H77NO7/c1-6-8-10-12-14-16-17-18-19-20-21-22-23-25-26-28-30-32-40(44)49-37-38(36-48-35-34-39(42(46)47)43(3,4)5)50-41(45)33-31-29-27-24-15-13-11-9-7-2/h9,11,15,24,38-39H,6-8,10,12-14,16-23,25-37H2,1-5H3/b11-9+,24-15+. The molecule has 0 aliphatic rings. The Labute approximate surface area is 307 Å². The number of quaternary nitrogens is 1. The van der Waals surface area contributed by atoms with E-state index < -0.39 is 18.1 Å². The molecule has 0 N–H and O–H groups in total. The van der Waals surface area contributed by atoms with Gasteiger partial charge in [-0.15, -0.1) is 0 Å². The molecule has 0 spiro atoms. The van der Waals surface area contributed by atoms with E-state index in [9.17, 15) is 19.5 Å². The highest BCUT2D eigenvalue weighted by molar-refractivity contribution is 5.70. The Kier molecular flexibility index (Phi) is 32.4. The van der Waals surface area contributed by atoms with Gasteiger partial charge in [-0.3, -0.25) is 9.59 Å². The Balaban J connectivity index is 4.29. The van der Waals surface area contributed by atoms with Gasteiger partial charge in [-0.05, 0) is 38.5 Å². The summed E-state index contributed by atoms with van der Waals surface area (Å²) in [6.45, 7) is 4.50. The van der Waals surface area contributed by atoms with E-state index in [1.54, 1.807) is 21.1 Å². The largest absolute Gasteiger partial charge is 0.544 e. The molecule has 0 fully saturated rings. The van der Waals surface area contributed by atoms with Gasteiger partial charge in [0.1, 0.15) is 12.6 Å². The van der Waals surface area contributed by atoms with Crippen LogP contribution in [0.3, 0.4) is 0 Å². The van der Waals surface area contributed by atoms with Crippen LogP contribution >= 0.6 is 0 Å².